The highest BCUT2D eigenvalue weighted by atomic mass is 35.5. The van der Waals surface area contributed by atoms with Crippen molar-refractivity contribution in [1.29, 1.82) is 0 Å². The van der Waals surface area contributed by atoms with E-state index in [1.807, 2.05) is 45.0 Å². The minimum Gasteiger partial charge on any atom is -0.497 e. The van der Waals surface area contributed by atoms with Gasteiger partial charge >= 0.3 is 0 Å². The highest BCUT2D eigenvalue weighted by Crippen LogP contribution is 2.27. The summed E-state index contributed by atoms with van der Waals surface area (Å²) >= 11 is 5.85. The standard InChI is InChI=1S/C17H26ClNO3S/c1-17(2,3)23(20)19-16(22-5)15(7-6-12-18)13-8-10-14(21-4)11-9-13/h8-11,15H,6-7,12H2,1-5H3/b19-16-/t15-,23-/m1/s1. The molecule has 23 heavy (non-hydrogen) atoms. The predicted molar refractivity (Wildman–Crippen MR) is 98.0 cm³/mol. The number of hydrogen-bond donors (Lipinski definition) is 0. The fraction of sp³-hybridized carbons (Fsp3) is 0.588. The molecule has 0 bridgehead atoms. The van der Waals surface area contributed by atoms with Crippen molar-refractivity contribution in [2.24, 2.45) is 4.40 Å². The van der Waals surface area contributed by atoms with Crippen molar-refractivity contribution >= 4 is 28.5 Å². The third-order valence-corrected chi connectivity index (χ3v) is 5.01. The van der Waals surface area contributed by atoms with E-state index in [0.717, 1.165) is 24.2 Å². The number of hydrogen-bond acceptors (Lipinski definition) is 3. The van der Waals surface area contributed by atoms with E-state index in [1.54, 1.807) is 14.2 Å². The van der Waals surface area contributed by atoms with Crippen molar-refractivity contribution in [1.82, 2.24) is 0 Å². The van der Waals surface area contributed by atoms with Crippen LogP contribution in [0.15, 0.2) is 28.7 Å². The molecule has 0 saturated heterocycles. The van der Waals surface area contributed by atoms with Crippen LogP contribution in [0.4, 0.5) is 0 Å². The molecule has 0 amide bonds. The summed E-state index contributed by atoms with van der Waals surface area (Å²) in [6, 6.07) is 7.76. The van der Waals surface area contributed by atoms with Crippen LogP contribution in [0, 0.1) is 0 Å². The fourth-order valence-corrected chi connectivity index (χ4v) is 2.81. The molecule has 0 fully saturated rings. The number of ether oxygens (including phenoxy) is 2. The van der Waals surface area contributed by atoms with Crippen LogP contribution in [0.2, 0.25) is 0 Å². The van der Waals surface area contributed by atoms with Gasteiger partial charge in [-0.25, -0.2) is 4.21 Å². The van der Waals surface area contributed by atoms with Gasteiger partial charge in [0.2, 0.25) is 5.90 Å². The number of benzene rings is 1. The lowest BCUT2D eigenvalue weighted by Gasteiger charge is -2.20. The molecule has 0 saturated carbocycles. The highest BCUT2D eigenvalue weighted by molar-refractivity contribution is 7.85. The zero-order valence-corrected chi connectivity index (χ0v) is 16.0. The SMILES string of the molecule is CO/C(=N\[S@](=O)C(C)(C)C)[C@H](CCCCl)c1ccc(OC)cc1. The van der Waals surface area contributed by atoms with E-state index in [1.165, 1.54) is 0 Å². The van der Waals surface area contributed by atoms with Crippen molar-refractivity contribution in [2.45, 2.75) is 44.3 Å². The maximum atomic E-state index is 12.3. The first kappa shape index (κ1) is 20.0. The molecule has 0 aromatic heterocycles. The summed E-state index contributed by atoms with van der Waals surface area (Å²) in [7, 11) is 1.83. The van der Waals surface area contributed by atoms with Crippen LogP contribution >= 0.6 is 11.6 Å². The van der Waals surface area contributed by atoms with Gasteiger partial charge in [-0.2, -0.15) is 4.40 Å². The van der Waals surface area contributed by atoms with E-state index < -0.39 is 15.7 Å². The summed E-state index contributed by atoms with van der Waals surface area (Å²) in [6.45, 7) is 5.67. The summed E-state index contributed by atoms with van der Waals surface area (Å²) in [5, 5.41) is 0. The average molecular weight is 360 g/mol. The van der Waals surface area contributed by atoms with E-state index in [0.29, 0.717) is 11.8 Å². The Balaban J connectivity index is 3.15. The van der Waals surface area contributed by atoms with Gasteiger partial charge in [-0.3, -0.25) is 0 Å². The molecule has 0 spiro atoms. The van der Waals surface area contributed by atoms with Crippen LogP contribution in [0.1, 0.15) is 45.1 Å². The summed E-state index contributed by atoms with van der Waals surface area (Å²) in [5.74, 6) is 1.76. The Bertz CT molecular complexity index is 538. The van der Waals surface area contributed by atoms with Gasteiger partial charge in [-0.1, -0.05) is 12.1 Å². The number of rotatable bonds is 7. The van der Waals surface area contributed by atoms with Crippen molar-refractivity contribution in [2.75, 3.05) is 20.1 Å². The molecule has 0 unspecified atom stereocenters. The van der Waals surface area contributed by atoms with Crippen LogP contribution in [0.5, 0.6) is 5.75 Å². The van der Waals surface area contributed by atoms with Crippen LogP contribution < -0.4 is 4.74 Å². The first-order valence-corrected chi connectivity index (χ1v) is 9.22. The van der Waals surface area contributed by atoms with Crippen LogP contribution in [-0.2, 0) is 15.7 Å². The molecule has 4 nitrogen and oxygen atoms in total. The zero-order valence-electron chi connectivity index (χ0n) is 14.5. The first-order chi connectivity index (χ1) is 10.8. The largest absolute Gasteiger partial charge is 0.497 e. The van der Waals surface area contributed by atoms with Gasteiger partial charge in [-0.05, 0) is 51.3 Å². The van der Waals surface area contributed by atoms with Gasteiger partial charge in [0.25, 0.3) is 0 Å². The molecule has 0 aliphatic heterocycles. The normalized spacial score (nSPS) is 15.1. The van der Waals surface area contributed by atoms with E-state index in [4.69, 9.17) is 21.1 Å². The summed E-state index contributed by atoms with van der Waals surface area (Å²) in [5.41, 5.74) is 1.04. The molecule has 0 aliphatic carbocycles. The van der Waals surface area contributed by atoms with Gasteiger partial charge in [0, 0.05) is 5.88 Å². The highest BCUT2D eigenvalue weighted by Gasteiger charge is 2.24. The number of halogens is 1. The lowest BCUT2D eigenvalue weighted by molar-refractivity contribution is 0.378. The van der Waals surface area contributed by atoms with Gasteiger partial charge in [0.05, 0.1) is 24.9 Å². The topological polar surface area (TPSA) is 47.9 Å². The van der Waals surface area contributed by atoms with Crippen molar-refractivity contribution in [3.63, 3.8) is 0 Å². The molecule has 0 N–H and O–H groups in total. The van der Waals surface area contributed by atoms with E-state index >= 15 is 0 Å². The Morgan fingerprint density at radius 2 is 1.87 bits per heavy atom. The lowest BCUT2D eigenvalue weighted by Crippen LogP contribution is -2.23. The quantitative estimate of drug-likeness (QED) is 0.414. The lowest BCUT2D eigenvalue weighted by atomic mass is 9.94. The Hall–Kier alpha value is -1.07. The molecule has 2 atom stereocenters. The minimum absolute atomic E-state index is 0.0732. The summed E-state index contributed by atoms with van der Waals surface area (Å²) < 4.78 is 26.9. The van der Waals surface area contributed by atoms with Gasteiger partial charge in [-0.15, -0.1) is 11.6 Å². The Morgan fingerprint density at radius 3 is 2.30 bits per heavy atom. The zero-order chi connectivity index (χ0) is 17.5. The van der Waals surface area contributed by atoms with Gasteiger partial charge in [0.15, 0.2) is 0 Å². The first-order valence-electron chi connectivity index (χ1n) is 7.58. The van der Waals surface area contributed by atoms with Crippen molar-refractivity contribution in [3.8, 4) is 5.75 Å². The molecule has 0 radical (unpaired) electrons. The molecule has 6 heteroatoms. The molecule has 130 valence electrons. The molecule has 0 heterocycles. The molecule has 0 aliphatic rings. The van der Waals surface area contributed by atoms with E-state index in [2.05, 4.69) is 4.40 Å². The maximum absolute atomic E-state index is 12.3. The average Bonchev–Trinajstić information content (AvgIpc) is 2.53. The number of nitrogens with zero attached hydrogens (tertiary/aromatic N) is 1. The molecule has 1 aromatic rings. The Morgan fingerprint density at radius 1 is 1.26 bits per heavy atom. The van der Waals surface area contributed by atoms with E-state index in [-0.39, 0.29) is 5.92 Å². The predicted octanol–water partition coefficient (Wildman–Crippen LogP) is 4.30. The number of methoxy groups -OCH3 is 2. The van der Waals surface area contributed by atoms with Crippen molar-refractivity contribution < 1.29 is 13.7 Å². The van der Waals surface area contributed by atoms with Crippen LogP contribution in [0.25, 0.3) is 0 Å². The van der Waals surface area contributed by atoms with Gasteiger partial charge in [0.1, 0.15) is 16.7 Å². The Labute approximate surface area is 146 Å². The Kier molecular flexibility index (Phi) is 8.06. The third-order valence-electron chi connectivity index (χ3n) is 3.35. The third kappa shape index (κ3) is 6.15. The van der Waals surface area contributed by atoms with Gasteiger partial charge < -0.3 is 9.47 Å². The van der Waals surface area contributed by atoms with Crippen LogP contribution in [0.3, 0.4) is 0 Å². The second-order valence-corrected chi connectivity index (χ2v) is 8.44. The van der Waals surface area contributed by atoms with E-state index in [9.17, 15) is 4.21 Å². The molecular formula is C17H26ClNO3S. The molecule has 1 rings (SSSR count). The smallest absolute Gasteiger partial charge is 0.204 e. The van der Waals surface area contributed by atoms with Crippen molar-refractivity contribution in [3.05, 3.63) is 29.8 Å². The number of alkyl halides is 1. The van der Waals surface area contributed by atoms with Crippen LogP contribution in [-0.4, -0.2) is 35.0 Å². The molecular weight excluding hydrogens is 334 g/mol. The maximum Gasteiger partial charge on any atom is 0.204 e. The fourth-order valence-electron chi connectivity index (χ4n) is 2.01. The second-order valence-electron chi connectivity index (χ2n) is 6.15. The summed E-state index contributed by atoms with van der Waals surface area (Å²) in [4.78, 5) is 0. The monoisotopic (exact) mass is 359 g/mol. The minimum atomic E-state index is -1.37. The second kappa shape index (κ2) is 9.28. The molecule has 1 aromatic carbocycles. The summed E-state index contributed by atoms with van der Waals surface area (Å²) in [6.07, 6.45) is 1.60.